The summed E-state index contributed by atoms with van der Waals surface area (Å²) in [5.41, 5.74) is 2.43. The average molecular weight is 264 g/mol. The van der Waals surface area contributed by atoms with Crippen molar-refractivity contribution in [2.24, 2.45) is 0 Å². The molecule has 0 unspecified atom stereocenters. The van der Waals surface area contributed by atoms with Crippen molar-refractivity contribution < 1.29 is 4.74 Å². The second kappa shape index (κ2) is 6.69. The van der Waals surface area contributed by atoms with Gasteiger partial charge in [-0.25, -0.2) is 0 Å². The Morgan fingerprint density at radius 2 is 1.74 bits per heavy atom. The molecule has 108 valence electrons. The van der Waals surface area contributed by atoms with Crippen molar-refractivity contribution in [3.05, 3.63) is 18.2 Å². The number of anilines is 2. The zero-order chi connectivity index (χ0) is 14.5. The van der Waals surface area contributed by atoms with E-state index in [9.17, 15) is 0 Å². The van der Waals surface area contributed by atoms with E-state index >= 15 is 0 Å². The summed E-state index contributed by atoms with van der Waals surface area (Å²) in [6.07, 6.45) is 0. The standard InChI is InChI=1S/C16H28N2O/c1-7-18(8-2)15-12-13(19-9-3)10-11-14(15)17-16(4,5)6/h10-12,17H,7-9H2,1-6H3. The van der Waals surface area contributed by atoms with Gasteiger partial charge in [-0.2, -0.15) is 0 Å². The second-order valence-corrected chi connectivity index (χ2v) is 5.66. The molecule has 3 nitrogen and oxygen atoms in total. The van der Waals surface area contributed by atoms with Crippen LogP contribution in [-0.4, -0.2) is 25.2 Å². The van der Waals surface area contributed by atoms with E-state index in [0.29, 0.717) is 6.61 Å². The lowest BCUT2D eigenvalue weighted by Crippen LogP contribution is -2.29. The first-order valence-corrected chi connectivity index (χ1v) is 7.21. The van der Waals surface area contributed by atoms with Crippen LogP contribution in [0.3, 0.4) is 0 Å². The van der Waals surface area contributed by atoms with Crippen molar-refractivity contribution >= 4 is 11.4 Å². The van der Waals surface area contributed by atoms with Crippen LogP contribution < -0.4 is 15.0 Å². The first-order valence-electron chi connectivity index (χ1n) is 7.21. The van der Waals surface area contributed by atoms with Crippen molar-refractivity contribution in [1.29, 1.82) is 0 Å². The van der Waals surface area contributed by atoms with Gasteiger partial charge in [0, 0.05) is 24.7 Å². The van der Waals surface area contributed by atoms with E-state index < -0.39 is 0 Å². The molecule has 0 fully saturated rings. The van der Waals surface area contributed by atoms with Gasteiger partial charge in [-0.3, -0.25) is 0 Å². The second-order valence-electron chi connectivity index (χ2n) is 5.66. The molecule has 0 atom stereocenters. The number of ether oxygens (including phenoxy) is 1. The van der Waals surface area contributed by atoms with Gasteiger partial charge in [-0.15, -0.1) is 0 Å². The van der Waals surface area contributed by atoms with Crippen molar-refractivity contribution in [2.45, 2.75) is 47.1 Å². The van der Waals surface area contributed by atoms with Gasteiger partial charge in [-0.05, 0) is 53.7 Å². The maximum Gasteiger partial charge on any atom is 0.121 e. The van der Waals surface area contributed by atoms with Crippen LogP contribution in [0.2, 0.25) is 0 Å². The zero-order valence-corrected chi connectivity index (χ0v) is 13.2. The summed E-state index contributed by atoms with van der Waals surface area (Å²) >= 11 is 0. The van der Waals surface area contributed by atoms with Crippen LogP contribution in [0.5, 0.6) is 5.75 Å². The molecule has 0 bridgehead atoms. The van der Waals surface area contributed by atoms with Crippen LogP contribution in [0.25, 0.3) is 0 Å². The van der Waals surface area contributed by atoms with Crippen LogP contribution in [0.15, 0.2) is 18.2 Å². The summed E-state index contributed by atoms with van der Waals surface area (Å²) in [5, 5.41) is 3.57. The Balaban J connectivity index is 3.14. The number of nitrogens with zero attached hydrogens (tertiary/aromatic N) is 1. The summed E-state index contributed by atoms with van der Waals surface area (Å²) in [7, 11) is 0. The highest BCUT2D eigenvalue weighted by molar-refractivity contribution is 5.72. The number of hydrogen-bond donors (Lipinski definition) is 1. The lowest BCUT2D eigenvalue weighted by molar-refractivity contribution is 0.340. The first-order chi connectivity index (χ1) is 8.91. The molecule has 1 aromatic rings. The molecule has 0 saturated carbocycles. The van der Waals surface area contributed by atoms with Crippen molar-refractivity contribution in [1.82, 2.24) is 0 Å². The Labute approximate surface area is 118 Å². The summed E-state index contributed by atoms with van der Waals surface area (Å²) in [6, 6.07) is 6.28. The molecule has 0 aliphatic carbocycles. The number of rotatable bonds is 6. The Kier molecular flexibility index (Phi) is 5.52. The lowest BCUT2D eigenvalue weighted by Gasteiger charge is -2.29. The highest BCUT2D eigenvalue weighted by atomic mass is 16.5. The van der Waals surface area contributed by atoms with Crippen LogP contribution in [0.4, 0.5) is 11.4 Å². The number of hydrogen-bond acceptors (Lipinski definition) is 3. The van der Waals surface area contributed by atoms with E-state index in [4.69, 9.17) is 4.74 Å². The SMILES string of the molecule is CCOc1ccc(NC(C)(C)C)c(N(CC)CC)c1. The number of benzene rings is 1. The number of nitrogens with one attached hydrogen (secondary N) is 1. The van der Waals surface area contributed by atoms with Gasteiger partial charge in [0.1, 0.15) is 5.75 Å². The summed E-state index contributed by atoms with van der Waals surface area (Å²) < 4.78 is 5.62. The van der Waals surface area contributed by atoms with Crippen LogP contribution >= 0.6 is 0 Å². The molecule has 19 heavy (non-hydrogen) atoms. The molecule has 0 amide bonds. The fraction of sp³-hybridized carbons (Fsp3) is 0.625. The van der Waals surface area contributed by atoms with Gasteiger partial charge in [0.25, 0.3) is 0 Å². The van der Waals surface area contributed by atoms with Crippen LogP contribution in [0, 0.1) is 0 Å². The van der Waals surface area contributed by atoms with Gasteiger partial charge in [0.2, 0.25) is 0 Å². The molecule has 3 heteroatoms. The minimum Gasteiger partial charge on any atom is -0.494 e. The third-order valence-corrected chi connectivity index (χ3v) is 2.89. The Hall–Kier alpha value is -1.38. The van der Waals surface area contributed by atoms with E-state index in [1.165, 1.54) is 11.4 Å². The van der Waals surface area contributed by atoms with E-state index in [-0.39, 0.29) is 5.54 Å². The van der Waals surface area contributed by atoms with Crippen molar-refractivity contribution in [2.75, 3.05) is 29.9 Å². The molecule has 0 radical (unpaired) electrons. The average Bonchev–Trinajstić information content (AvgIpc) is 2.32. The Morgan fingerprint density at radius 1 is 1.11 bits per heavy atom. The fourth-order valence-corrected chi connectivity index (χ4v) is 2.10. The summed E-state index contributed by atoms with van der Waals surface area (Å²) in [5.74, 6) is 0.934. The normalized spacial score (nSPS) is 11.3. The van der Waals surface area contributed by atoms with E-state index in [1.54, 1.807) is 0 Å². The van der Waals surface area contributed by atoms with E-state index in [1.807, 2.05) is 13.0 Å². The molecule has 0 aliphatic heterocycles. The minimum absolute atomic E-state index is 0.0506. The van der Waals surface area contributed by atoms with Gasteiger partial charge in [-0.1, -0.05) is 0 Å². The molecule has 0 aromatic heterocycles. The first kappa shape index (κ1) is 15.7. The van der Waals surface area contributed by atoms with Crippen molar-refractivity contribution in [3.8, 4) is 5.75 Å². The van der Waals surface area contributed by atoms with Gasteiger partial charge >= 0.3 is 0 Å². The highest BCUT2D eigenvalue weighted by Crippen LogP contribution is 2.32. The van der Waals surface area contributed by atoms with Crippen LogP contribution in [0.1, 0.15) is 41.5 Å². The van der Waals surface area contributed by atoms with E-state index in [2.05, 4.69) is 57.0 Å². The molecular weight excluding hydrogens is 236 g/mol. The summed E-state index contributed by atoms with van der Waals surface area (Å²) in [6.45, 7) is 15.6. The Bertz CT molecular complexity index is 392. The zero-order valence-electron chi connectivity index (χ0n) is 13.2. The van der Waals surface area contributed by atoms with Gasteiger partial charge in [0.15, 0.2) is 0 Å². The molecule has 0 saturated heterocycles. The quantitative estimate of drug-likeness (QED) is 0.835. The highest BCUT2D eigenvalue weighted by Gasteiger charge is 2.15. The molecule has 0 aliphatic rings. The van der Waals surface area contributed by atoms with E-state index in [0.717, 1.165) is 18.8 Å². The third kappa shape index (κ3) is 4.66. The van der Waals surface area contributed by atoms with Gasteiger partial charge < -0.3 is 15.0 Å². The predicted molar refractivity (Wildman–Crippen MR) is 84.5 cm³/mol. The molecular formula is C16H28N2O. The topological polar surface area (TPSA) is 24.5 Å². The largest absolute Gasteiger partial charge is 0.494 e. The van der Waals surface area contributed by atoms with Crippen molar-refractivity contribution in [3.63, 3.8) is 0 Å². The van der Waals surface area contributed by atoms with Gasteiger partial charge in [0.05, 0.1) is 18.0 Å². The molecule has 1 aromatic carbocycles. The summed E-state index contributed by atoms with van der Waals surface area (Å²) in [4.78, 5) is 2.34. The predicted octanol–water partition coefficient (Wildman–Crippen LogP) is 4.14. The minimum atomic E-state index is 0.0506. The Morgan fingerprint density at radius 3 is 2.21 bits per heavy atom. The van der Waals surface area contributed by atoms with Crippen LogP contribution in [-0.2, 0) is 0 Å². The molecule has 1 rings (SSSR count). The molecule has 1 N–H and O–H groups in total. The molecule has 0 spiro atoms. The smallest absolute Gasteiger partial charge is 0.121 e. The molecule has 0 heterocycles. The monoisotopic (exact) mass is 264 g/mol. The lowest BCUT2D eigenvalue weighted by atomic mass is 10.1. The maximum atomic E-state index is 5.62. The third-order valence-electron chi connectivity index (χ3n) is 2.89. The fourth-order valence-electron chi connectivity index (χ4n) is 2.10. The maximum absolute atomic E-state index is 5.62.